The van der Waals surface area contributed by atoms with Crippen molar-refractivity contribution in [1.29, 1.82) is 0 Å². The molecule has 2 bridgehead atoms. The Bertz CT molecular complexity index is 384. The van der Waals surface area contributed by atoms with E-state index in [9.17, 15) is 4.79 Å². The summed E-state index contributed by atoms with van der Waals surface area (Å²) in [5.41, 5.74) is 6.28. The van der Waals surface area contributed by atoms with Crippen molar-refractivity contribution < 1.29 is 4.79 Å². The Morgan fingerprint density at radius 3 is 2.26 bits per heavy atom. The second kappa shape index (κ2) is 8.89. The molecule has 3 fully saturated rings. The number of carbonyl (C=O) groups is 1. The largest absolute Gasteiger partial charge is 0.353 e. The summed E-state index contributed by atoms with van der Waals surface area (Å²) in [7, 11) is 0. The number of hydrogen-bond acceptors (Lipinski definition) is 3. The summed E-state index contributed by atoms with van der Waals surface area (Å²) in [5.74, 6) is 2.24. The van der Waals surface area contributed by atoms with Crippen molar-refractivity contribution in [3.63, 3.8) is 0 Å². The number of fused-ring (bicyclic) bond motifs is 2. The van der Waals surface area contributed by atoms with E-state index in [4.69, 9.17) is 5.73 Å². The fourth-order valence-corrected chi connectivity index (χ4v) is 4.80. The number of amides is 1. The lowest BCUT2D eigenvalue weighted by Gasteiger charge is -2.35. The lowest BCUT2D eigenvalue weighted by molar-refractivity contribution is -0.128. The summed E-state index contributed by atoms with van der Waals surface area (Å²) in [6, 6.07) is 0.483. The first-order valence-electron chi connectivity index (χ1n) is 8.83. The van der Waals surface area contributed by atoms with Gasteiger partial charge in [0.05, 0.1) is 5.92 Å². The van der Waals surface area contributed by atoms with Crippen molar-refractivity contribution in [1.82, 2.24) is 10.2 Å². The molecule has 6 heteroatoms. The third kappa shape index (κ3) is 4.75. The first kappa shape index (κ1) is 21.0. The van der Waals surface area contributed by atoms with Crippen molar-refractivity contribution in [2.24, 2.45) is 29.4 Å². The second-order valence-corrected chi connectivity index (χ2v) is 7.91. The Kier molecular flexibility index (Phi) is 8.12. The van der Waals surface area contributed by atoms with E-state index in [2.05, 4.69) is 24.1 Å². The van der Waals surface area contributed by atoms with E-state index in [0.29, 0.717) is 17.9 Å². The number of nitrogens with two attached hydrogens (primary N) is 1. The maximum absolute atomic E-state index is 12.6. The van der Waals surface area contributed by atoms with E-state index in [-0.39, 0.29) is 42.7 Å². The van der Waals surface area contributed by atoms with E-state index in [1.807, 2.05) is 0 Å². The molecule has 3 aliphatic rings. The molecule has 1 heterocycles. The number of nitrogens with one attached hydrogen (secondary N) is 1. The van der Waals surface area contributed by atoms with Gasteiger partial charge >= 0.3 is 0 Å². The van der Waals surface area contributed by atoms with Gasteiger partial charge < -0.3 is 16.0 Å². The summed E-state index contributed by atoms with van der Waals surface area (Å²) < 4.78 is 0. The van der Waals surface area contributed by atoms with Gasteiger partial charge in [-0.15, -0.1) is 24.8 Å². The highest BCUT2D eigenvalue weighted by atomic mass is 35.5. The maximum atomic E-state index is 12.6. The van der Waals surface area contributed by atoms with Crippen LogP contribution in [-0.2, 0) is 4.79 Å². The Morgan fingerprint density at radius 2 is 1.74 bits per heavy atom. The fraction of sp³-hybridized carbons (Fsp3) is 0.941. The molecular weight excluding hydrogens is 333 g/mol. The predicted octanol–water partition coefficient (Wildman–Crippen LogP) is 2.44. The summed E-state index contributed by atoms with van der Waals surface area (Å²) in [4.78, 5) is 15.1. The van der Waals surface area contributed by atoms with E-state index in [1.54, 1.807) is 0 Å². The van der Waals surface area contributed by atoms with Gasteiger partial charge in [0.15, 0.2) is 0 Å². The van der Waals surface area contributed by atoms with E-state index >= 15 is 0 Å². The minimum atomic E-state index is 0. The van der Waals surface area contributed by atoms with Gasteiger partial charge in [-0.2, -0.15) is 0 Å². The van der Waals surface area contributed by atoms with E-state index in [0.717, 1.165) is 31.8 Å². The van der Waals surface area contributed by atoms with Gasteiger partial charge in [0, 0.05) is 31.7 Å². The molecule has 0 aromatic rings. The molecule has 136 valence electrons. The zero-order chi connectivity index (χ0) is 15.0. The van der Waals surface area contributed by atoms with Crippen LogP contribution in [0.15, 0.2) is 0 Å². The lowest BCUT2D eigenvalue weighted by atomic mass is 9.84. The van der Waals surface area contributed by atoms with Crippen LogP contribution in [0.4, 0.5) is 0 Å². The van der Waals surface area contributed by atoms with Crippen molar-refractivity contribution in [2.45, 2.75) is 58.0 Å². The molecule has 0 spiro atoms. The number of halogens is 2. The van der Waals surface area contributed by atoms with Crippen LogP contribution in [0.3, 0.4) is 0 Å². The van der Waals surface area contributed by atoms with Crippen molar-refractivity contribution >= 4 is 30.7 Å². The lowest BCUT2D eigenvalue weighted by Crippen LogP contribution is -2.51. The standard InChI is InChI=1S/C17H31N3O.2ClH/c1-11(2)10-20-7-5-14(6-8-20)19-17(21)15-12-3-4-13(9-12)16(15)18;;/h11-16H,3-10,18H2,1-2H3,(H,19,21);2*1H. The molecule has 3 rings (SSSR count). The average Bonchev–Trinajstić information content (AvgIpc) is 3.01. The second-order valence-electron chi connectivity index (χ2n) is 7.91. The normalized spacial score (nSPS) is 34.1. The fourth-order valence-electron chi connectivity index (χ4n) is 4.80. The molecule has 0 radical (unpaired) electrons. The van der Waals surface area contributed by atoms with Crippen LogP contribution in [-0.4, -0.2) is 42.5 Å². The Hall–Kier alpha value is -0.0300. The SMILES string of the molecule is CC(C)CN1CCC(NC(=O)C2C3CCC(C3)C2N)CC1.Cl.Cl. The summed E-state index contributed by atoms with van der Waals surface area (Å²) in [6.07, 6.45) is 5.82. The zero-order valence-corrected chi connectivity index (χ0v) is 16.0. The van der Waals surface area contributed by atoms with Crippen LogP contribution in [0.2, 0.25) is 0 Å². The first-order valence-corrected chi connectivity index (χ1v) is 8.83. The minimum Gasteiger partial charge on any atom is -0.353 e. The zero-order valence-electron chi connectivity index (χ0n) is 14.4. The van der Waals surface area contributed by atoms with Gasteiger partial charge in [0.2, 0.25) is 5.91 Å². The Balaban J connectivity index is 0.00000132. The molecule has 23 heavy (non-hydrogen) atoms. The highest BCUT2D eigenvalue weighted by Crippen LogP contribution is 2.47. The summed E-state index contributed by atoms with van der Waals surface area (Å²) in [6.45, 7) is 7.95. The quantitative estimate of drug-likeness (QED) is 0.804. The Labute approximate surface area is 153 Å². The average molecular weight is 366 g/mol. The molecule has 2 saturated carbocycles. The molecule has 3 N–H and O–H groups in total. The van der Waals surface area contributed by atoms with Gasteiger partial charge in [0.1, 0.15) is 0 Å². The van der Waals surface area contributed by atoms with E-state index < -0.39 is 0 Å². The molecule has 1 saturated heterocycles. The topological polar surface area (TPSA) is 58.4 Å². The van der Waals surface area contributed by atoms with Crippen LogP contribution < -0.4 is 11.1 Å². The molecule has 1 aliphatic heterocycles. The maximum Gasteiger partial charge on any atom is 0.225 e. The van der Waals surface area contributed by atoms with Crippen LogP contribution >= 0.6 is 24.8 Å². The Morgan fingerprint density at radius 1 is 1.13 bits per heavy atom. The minimum absolute atomic E-state index is 0. The molecule has 0 aromatic carbocycles. The highest BCUT2D eigenvalue weighted by molar-refractivity contribution is 5.85. The summed E-state index contributed by atoms with van der Waals surface area (Å²) in [5, 5.41) is 3.30. The number of nitrogens with zero attached hydrogens (tertiary/aromatic N) is 1. The molecule has 1 amide bonds. The summed E-state index contributed by atoms with van der Waals surface area (Å²) >= 11 is 0. The van der Waals surface area contributed by atoms with Crippen LogP contribution in [0, 0.1) is 23.7 Å². The molecule has 0 aromatic heterocycles. The number of hydrogen-bond donors (Lipinski definition) is 2. The van der Waals surface area contributed by atoms with Gasteiger partial charge in [-0.1, -0.05) is 13.8 Å². The first-order chi connectivity index (χ1) is 10.0. The number of carbonyl (C=O) groups excluding carboxylic acids is 1. The van der Waals surface area contributed by atoms with Crippen molar-refractivity contribution in [3.8, 4) is 0 Å². The van der Waals surface area contributed by atoms with Gasteiger partial charge in [-0.25, -0.2) is 0 Å². The predicted molar refractivity (Wildman–Crippen MR) is 99.2 cm³/mol. The van der Waals surface area contributed by atoms with E-state index in [1.165, 1.54) is 25.8 Å². The highest BCUT2D eigenvalue weighted by Gasteiger charge is 2.49. The number of piperidine rings is 1. The van der Waals surface area contributed by atoms with Crippen LogP contribution in [0.1, 0.15) is 46.0 Å². The molecule has 4 nitrogen and oxygen atoms in total. The number of rotatable bonds is 4. The molecule has 4 unspecified atom stereocenters. The van der Waals surface area contributed by atoms with Crippen molar-refractivity contribution in [3.05, 3.63) is 0 Å². The smallest absolute Gasteiger partial charge is 0.225 e. The number of likely N-dealkylation sites (tertiary alicyclic amines) is 1. The monoisotopic (exact) mass is 365 g/mol. The van der Waals surface area contributed by atoms with Gasteiger partial charge in [-0.05, 0) is 49.9 Å². The molecular formula is C17H33Cl2N3O. The molecule has 4 atom stereocenters. The van der Waals surface area contributed by atoms with Gasteiger partial charge in [-0.3, -0.25) is 4.79 Å². The molecule has 2 aliphatic carbocycles. The van der Waals surface area contributed by atoms with Gasteiger partial charge in [0.25, 0.3) is 0 Å². The van der Waals surface area contributed by atoms with Crippen molar-refractivity contribution in [2.75, 3.05) is 19.6 Å². The third-order valence-corrected chi connectivity index (χ3v) is 5.84. The van der Waals surface area contributed by atoms with Crippen LogP contribution in [0.5, 0.6) is 0 Å². The third-order valence-electron chi connectivity index (χ3n) is 5.84. The van der Waals surface area contributed by atoms with Crippen LogP contribution in [0.25, 0.3) is 0 Å².